The average molecular weight is 498 g/mol. The van der Waals surface area contributed by atoms with E-state index in [4.69, 9.17) is 13.9 Å². The van der Waals surface area contributed by atoms with E-state index in [1.165, 1.54) is 11.8 Å². The number of hydrogen-bond donors (Lipinski definition) is 1. The number of oxazole rings is 1. The number of carbonyl (C=O) groups is 1. The highest BCUT2D eigenvalue weighted by atomic mass is 32.2. The molecule has 0 aliphatic carbocycles. The van der Waals surface area contributed by atoms with E-state index < -0.39 is 0 Å². The van der Waals surface area contributed by atoms with E-state index in [1.54, 1.807) is 13.3 Å². The first-order chi connectivity index (χ1) is 17.7. The summed E-state index contributed by atoms with van der Waals surface area (Å²) in [6.07, 6.45) is 1.54. The van der Waals surface area contributed by atoms with Gasteiger partial charge < -0.3 is 13.9 Å². The normalized spacial score (nSPS) is 11.2. The Kier molecular flexibility index (Phi) is 7.14. The van der Waals surface area contributed by atoms with Gasteiger partial charge in [0.15, 0.2) is 17.1 Å². The standard InChI is InChI=1S/C28H23N3O4S/c1-33-25-15-7-10-20(27(25)34-17-21-11-6-9-19-8-2-3-12-22(19)21)16-29-31-26(32)18-36-28-30-23-13-4-5-14-24(23)35-28/h2-16H,17-18H2,1H3,(H,31,32). The summed E-state index contributed by atoms with van der Waals surface area (Å²) >= 11 is 1.21. The number of hydrogen-bond acceptors (Lipinski definition) is 7. The lowest BCUT2D eigenvalue weighted by Gasteiger charge is -2.14. The van der Waals surface area contributed by atoms with E-state index in [2.05, 4.69) is 33.7 Å². The lowest BCUT2D eigenvalue weighted by atomic mass is 10.1. The zero-order valence-corrected chi connectivity index (χ0v) is 20.3. The van der Waals surface area contributed by atoms with Crippen LogP contribution in [0.3, 0.4) is 0 Å². The highest BCUT2D eigenvalue weighted by Crippen LogP contribution is 2.31. The highest BCUT2D eigenvalue weighted by Gasteiger charge is 2.12. The van der Waals surface area contributed by atoms with Crippen molar-refractivity contribution in [3.8, 4) is 11.5 Å². The van der Waals surface area contributed by atoms with Crippen LogP contribution >= 0.6 is 11.8 Å². The molecule has 7 nitrogen and oxygen atoms in total. The van der Waals surface area contributed by atoms with E-state index in [1.807, 2.05) is 66.7 Å². The third-order valence-electron chi connectivity index (χ3n) is 5.48. The van der Waals surface area contributed by atoms with Gasteiger partial charge in [0, 0.05) is 5.56 Å². The van der Waals surface area contributed by atoms with Crippen LogP contribution in [0.4, 0.5) is 0 Å². The van der Waals surface area contributed by atoms with E-state index in [0.29, 0.717) is 34.5 Å². The molecule has 0 atom stereocenters. The number of carbonyl (C=O) groups excluding carboxylic acids is 1. The maximum atomic E-state index is 12.3. The molecule has 36 heavy (non-hydrogen) atoms. The second kappa shape index (κ2) is 11.0. The van der Waals surface area contributed by atoms with Gasteiger partial charge in [-0.3, -0.25) is 4.79 Å². The van der Waals surface area contributed by atoms with Gasteiger partial charge in [0.2, 0.25) is 0 Å². The summed E-state index contributed by atoms with van der Waals surface area (Å²) in [4.78, 5) is 16.6. The van der Waals surface area contributed by atoms with E-state index in [-0.39, 0.29) is 11.7 Å². The summed E-state index contributed by atoms with van der Waals surface area (Å²) < 4.78 is 17.3. The number of ether oxygens (including phenoxy) is 2. The molecule has 0 saturated carbocycles. The van der Waals surface area contributed by atoms with Gasteiger partial charge >= 0.3 is 0 Å². The van der Waals surface area contributed by atoms with Gasteiger partial charge in [-0.1, -0.05) is 72.4 Å². The Morgan fingerprint density at radius 1 is 1.03 bits per heavy atom. The van der Waals surface area contributed by atoms with Crippen LogP contribution < -0.4 is 14.9 Å². The topological polar surface area (TPSA) is 86.0 Å². The van der Waals surface area contributed by atoms with E-state index in [0.717, 1.165) is 21.9 Å². The molecule has 0 spiro atoms. The van der Waals surface area contributed by atoms with Crippen LogP contribution in [0, 0.1) is 0 Å². The van der Waals surface area contributed by atoms with Crippen LogP contribution in [-0.4, -0.2) is 30.0 Å². The molecule has 0 aliphatic heterocycles. The minimum absolute atomic E-state index is 0.118. The van der Waals surface area contributed by atoms with Gasteiger partial charge in [-0.05, 0) is 40.6 Å². The Labute approximate surface area is 212 Å². The molecule has 0 fully saturated rings. The molecule has 1 N–H and O–H groups in total. The van der Waals surface area contributed by atoms with Gasteiger partial charge in [0.1, 0.15) is 12.1 Å². The Hall–Kier alpha value is -4.30. The van der Waals surface area contributed by atoms with Crippen molar-refractivity contribution < 1.29 is 18.7 Å². The number of rotatable bonds is 9. The van der Waals surface area contributed by atoms with Crippen LogP contribution in [-0.2, 0) is 11.4 Å². The zero-order valence-electron chi connectivity index (χ0n) is 19.5. The Bertz CT molecular complexity index is 1510. The third kappa shape index (κ3) is 5.34. The minimum Gasteiger partial charge on any atom is -0.493 e. The molecule has 0 saturated heterocycles. The summed E-state index contributed by atoms with van der Waals surface area (Å²) in [5, 5.41) is 6.84. The largest absolute Gasteiger partial charge is 0.493 e. The second-order valence-corrected chi connectivity index (χ2v) is 8.76. The maximum Gasteiger partial charge on any atom is 0.257 e. The summed E-state index contributed by atoms with van der Waals surface area (Å²) in [6, 6.07) is 27.3. The number of benzene rings is 4. The van der Waals surface area contributed by atoms with E-state index >= 15 is 0 Å². The highest BCUT2D eigenvalue weighted by molar-refractivity contribution is 7.99. The van der Waals surface area contributed by atoms with Crippen LogP contribution in [0.25, 0.3) is 21.9 Å². The number of nitrogens with zero attached hydrogens (tertiary/aromatic N) is 2. The first kappa shape index (κ1) is 23.4. The monoisotopic (exact) mass is 497 g/mol. The molecule has 5 aromatic rings. The molecule has 1 amide bonds. The SMILES string of the molecule is COc1cccc(C=NNC(=O)CSc2nc3ccccc3o2)c1OCc1cccc2ccccc12. The first-order valence-corrected chi connectivity index (χ1v) is 12.3. The summed E-state index contributed by atoms with van der Waals surface area (Å²) in [5.41, 5.74) is 5.73. The van der Waals surface area contributed by atoms with Crippen LogP contribution in [0.1, 0.15) is 11.1 Å². The molecule has 8 heteroatoms. The van der Waals surface area contributed by atoms with Crippen molar-refractivity contribution in [3.05, 3.63) is 96.1 Å². The number of methoxy groups -OCH3 is 1. The minimum atomic E-state index is -0.278. The van der Waals surface area contributed by atoms with Crippen LogP contribution in [0.2, 0.25) is 0 Å². The average Bonchev–Trinajstić information content (AvgIpc) is 3.34. The number of amides is 1. The van der Waals surface area contributed by atoms with Crippen LogP contribution in [0.15, 0.2) is 99.7 Å². The second-order valence-electron chi connectivity index (χ2n) is 7.83. The first-order valence-electron chi connectivity index (χ1n) is 11.3. The molecule has 1 aromatic heterocycles. The molecule has 0 bridgehead atoms. The molecule has 180 valence electrons. The zero-order chi connectivity index (χ0) is 24.7. The number of hydrazone groups is 1. The van der Waals surface area contributed by atoms with Gasteiger partial charge in [0.25, 0.3) is 11.1 Å². The predicted molar refractivity (Wildman–Crippen MR) is 142 cm³/mol. The number of para-hydroxylation sites is 3. The van der Waals surface area contributed by atoms with Crippen molar-refractivity contribution in [1.29, 1.82) is 0 Å². The van der Waals surface area contributed by atoms with Crippen molar-refractivity contribution >= 4 is 45.8 Å². The van der Waals surface area contributed by atoms with Crippen molar-refractivity contribution in [3.63, 3.8) is 0 Å². The third-order valence-corrected chi connectivity index (χ3v) is 6.30. The van der Waals surface area contributed by atoms with Gasteiger partial charge in [-0.2, -0.15) is 5.10 Å². The predicted octanol–water partition coefficient (Wildman–Crippen LogP) is 5.81. The van der Waals surface area contributed by atoms with Crippen molar-refractivity contribution in [2.45, 2.75) is 11.8 Å². The summed E-state index contributed by atoms with van der Waals surface area (Å²) in [6.45, 7) is 0.357. The molecule has 0 aliphatic rings. The smallest absolute Gasteiger partial charge is 0.257 e. The Balaban J connectivity index is 1.24. The Morgan fingerprint density at radius 3 is 2.72 bits per heavy atom. The molecule has 5 rings (SSSR count). The molecule has 4 aromatic carbocycles. The van der Waals surface area contributed by atoms with Gasteiger partial charge in [-0.25, -0.2) is 10.4 Å². The lowest BCUT2D eigenvalue weighted by molar-refractivity contribution is -0.118. The van der Waals surface area contributed by atoms with Crippen molar-refractivity contribution in [2.24, 2.45) is 5.10 Å². The lowest BCUT2D eigenvalue weighted by Crippen LogP contribution is -2.19. The number of nitrogens with one attached hydrogen (secondary N) is 1. The fourth-order valence-electron chi connectivity index (χ4n) is 3.76. The number of fused-ring (bicyclic) bond motifs is 2. The molecular weight excluding hydrogens is 474 g/mol. The fourth-order valence-corrected chi connectivity index (χ4v) is 4.39. The van der Waals surface area contributed by atoms with Gasteiger partial charge in [-0.15, -0.1) is 0 Å². The molecular formula is C28H23N3O4S. The van der Waals surface area contributed by atoms with Crippen molar-refractivity contribution in [1.82, 2.24) is 10.4 Å². The molecule has 0 radical (unpaired) electrons. The van der Waals surface area contributed by atoms with Gasteiger partial charge in [0.05, 0.1) is 19.1 Å². The molecule has 1 heterocycles. The van der Waals surface area contributed by atoms with Crippen LogP contribution in [0.5, 0.6) is 11.5 Å². The number of aromatic nitrogens is 1. The Morgan fingerprint density at radius 2 is 1.83 bits per heavy atom. The fraction of sp³-hybridized carbons (Fsp3) is 0.107. The van der Waals surface area contributed by atoms with E-state index in [9.17, 15) is 4.79 Å². The quantitative estimate of drug-likeness (QED) is 0.157. The summed E-state index contributed by atoms with van der Waals surface area (Å²) in [5.74, 6) is 0.968. The summed E-state index contributed by atoms with van der Waals surface area (Å²) in [7, 11) is 1.59. The molecule has 0 unspecified atom stereocenters. The maximum absolute atomic E-state index is 12.3. The van der Waals surface area contributed by atoms with Crippen molar-refractivity contribution in [2.75, 3.05) is 12.9 Å². The number of thioether (sulfide) groups is 1.